The van der Waals surface area contributed by atoms with Gasteiger partial charge in [0.15, 0.2) is 0 Å². The second-order valence-corrected chi connectivity index (χ2v) is 5.25. The number of hydrogen-bond acceptors (Lipinski definition) is 7. The minimum absolute atomic E-state index is 0.177. The van der Waals surface area contributed by atoms with Gasteiger partial charge in [0.1, 0.15) is 11.5 Å². The average Bonchev–Trinajstić information content (AvgIpc) is 2.63. The molecule has 1 heterocycles. The molecule has 1 aromatic carbocycles. The standard InChI is InChI=1S/C16H17ClN4O4/c1-24-6-5-18-15(22)13-8-20-14(9-19-13)21-12-7-10(16(23)25-2)3-4-11(12)17/h3-4,7-9H,5-6H2,1-2H3,(H,18,22)(H,20,21). The maximum absolute atomic E-state index is 11.8. The predicted molar refractivity (Wildman–Crippen MR) is 92.3 cm³/mol. The summed E-state index contributed by atoms with van der Waals surface area (Å²) in [5.41, 5.74) is 0.990. The molecule has 0 unspecified atom stereocenters. The van der Waals surface area contributed by atoms with Crippen LogP contribution in [0.15, 0.2) is 30.6 Å². The molecule has 1 aromatic heterocycles. The van der Waals surface area contributed by atoms with E-state index in [1.807, 2.05) is 0 Å². The van der Waals surface area contributed by atoms with E-state index >= 15 is 0 Å². The highest BCUT2D eigenvalue weighted by Crippen LogP contribution is 2.26. The van der Waals surface area contributed by atoms with Gasteiger partial charge in [-0.3, -0.25) is 4.79 Å². The fourth-order valence-corrected chi connectivity index (χ4v) is 2.04. The molecular formula is C16H17ClN4O4. The van der Waals surface area contributed by atoms with Gasteiger partial charge in [0.2, 0.25) is 0 Å². The zero-order valence-corrected chi connectivity index (χ0v) is 14.5. The van der Waals surface area contributed by atoms with Gasteiger partial charge in [-0.05, 0) is 18.2 Å². The first-order chi connectivity index (χ1) is 12.0. The van der Waals surface area contributed by atoms with Crippen LogP contribution >= 0.6 is 11.6 Å². The Hall–Kier alpha value is -2.71. The molecule has 0 saturated carbocycles. The number of carbonyl (C=O) groups is 2. The van der Waals surface area contributed by atoms with E-state index in [0.29, 0.717) is 35.2 Å². The number of nitrogens with zero attached hydrogens (tertiary/aromatic N) is 2. The van der Waals surface area contributed by atoms with Crippen molar-refractivity contribution in [2.45, 2.75) is 0 Å². The molecule has 0 aliphatic heterocycles. The summed E-state index contributed by atoms with van der Waals surface area (Å²) in [4.78, 5) is 31.6. The number of hydrogen-bond donors (Lipinski definition) is 2. The van der Waals surface area contributed by atoms with Crippen LogP contribution in [-0.4, -0.2) is 49.2 Å². The second-order valence-electron chi connectivity index (χ2n) is 4.85. The summed E-state index contributed by atoms with van der Waals surface area (Å²) in [5.74, 6) is -0.451. The van der Waals surface area contributed by atoms with Gasteiger partial charge in [-0.2, -0.15) is 0 Å². The number of methoxy groups -OCH3 is 2. The number of nitrogens with one attached hydrogen (secondary N) is 2. The van der Waals surface area contributed by atoms with E-state index in [-0.39, 0.29) is 11.6 Å². The largest absolute Gasteiger partial charge is 0.465 e. The predicted octanol–water partition coefficient (Wildman–Crippen LogP) is 2.04. The van der Waals surface area contributed by atoms with Gasteiger partial charge in [-0.15, -0.1) is 0 Å². The Kier molecular flexibility index (Phi) is 6.67. The minimum atomic E-state index is -0.478. The highest BCUT2D eigenvalue weighted by Gasteiger charge is 2.11. The van der Waals surface area contributed by atoms with Crippen molar-refractivity contribution in [1.82, 2.24) is 15.3 Å². The van der Waals surface area contributed by atoms with Gasteiger partial charge in [-0.1, -0.05) is 11.6 Å². The Balaban J connectivity index is 2.08. The van der Waals surface area contributed by atoms with Crippen molar-refractivity contribution in [2.75, 3.05) is 32.7 Å². The molecule has 0 aliphatic rings. The monoisotopic (exact) mass is 364 g/mol. The molecular weight excluding hydrogens is 348 g/mol. The zero-order chi connectivity index (χ0) is 18.2. The molecule has 0 radical (unpaired) electrons. The number of rotatable bonds is 7. The average molecular weight is 365 g/mol. The van der Waals surface area contributed by atoms with Crippen LogP contribution in [0.2, 0.25) is 5.02 Å². The minimum Gasteiger partial charge on any atom is -0.465 e. The molecule has 25 heavy (non-hydrogen) atoms. The van der Waals surface area contributed by atoms with Crippen molar-refractivity contribution in [2.24, 2.45) is 0 Å². The molecule has 2 aromatic rings. The van der Waals surface area contributed by atoms with Gasteiger partial charge >= 0.3 is 5.97 Å². The number of carbonyl (C=O) groups excluding carboxylic acids is 2. The highest BCUT2D eigenvalue weighted by molar-refractivity contribution is 6.33. The number of ether oxygens (including phenoxy) is 2. The Morgan fingerprint density at radius 2 is 2.00 bits per heavy atom. The van der Waals surface area contributed by atoms with Crippen LogP contribution in [0, 0.1) is 0 Å². The molecule has 1 amide bonds. The summed E-state index contributed by atoms with van der Waals surface area (Å²) in [6, 6.07) is 4.67. The molecule has 0 bridgehead atoms. The van der Waals surface area contributed by atoms with Gasteiger partial charge in [0, 0.05) is 13.7 Å². The lowest BCUT2D eigenvalue weighted by Gasteiger charge is -2.09. The van der Waals surface area contributed by atoms with Crippen molar-refractivity contribution in [3.8, 4) is 0 Å². The second kappa shape index (κ2) is 8.95. The van der Waals surface area contributed by atoms with Gasteiger partial charge < -0.3 is 20.1 Å². The molecule has 8 nitrogen and oxygen atoms in total. The normalized spacial score (nSPS) is 10.2. The van der Waals surface area contributed by atoms with Gasteiger partial charge in [0.05, 0.1) is 42.4 Å². The van der Waals surface area contributed by atoms with Crippen molar-refractivity contribution >= 4 is 35.0 Å². The fraction of sp³-hybridized carbons (Fsp3) is 0.250. The summed E-state index contributed by atoms with van der Waals surface area (Å²) < 4.78 is 9.53. The summed E-state index contributed by atoms with van der Waals surface area (Å²) >= 11 is 6.11. The first kappa shape index (κ1) is 18.6. The molecule has 0 aliphatic carbocycles. The Morgan fingerprint density at radius 1 is 1.20 bits per heavy atom. The van der Waals surface area contributed by atoms with E-state index in [2.05, 4.69) is 25.3 Å². The zero-order valence-electron chi connectivity index (χ0n) is 13.7. The third kappa shape index (κ3) is 5.13. The van der Waals surface area contributed by atoms with Crippen LogP contribution in [-0.2, 0) is 9.47 Å². The molecule has 2 rings (SSSR count). The number of halogens is 1. The van der Waals surface area contributed by atoms with Crippen LogP contribution in [0.5, 0.6) is 0 Å². The Labute approximate surface area is 149 Å². The van der Waals surface area contributed by atoms with E-state index in [9.17, 15) is 9.59 Å². The van der Waals surface area contributed by atoms with E-state index < -0.39 is 5.97 Å². The van der Waals surface area contributed by atoms with Crippen LogP contribution < -0.4 is 10.6 Å². The molecule has 0 fully saturated rings. The maximum Gasteiger partial charge on any atom is 0.337 e. The highest BCUT2D eigenvalue weighted by atomic mass is 35.5. The third-order valence-corrected chi connectivity index (χ3v) is 3.46. The Bertz CT molecular complexity index is 752. The van der Waals surface area contributed by atoms with Crippen LogP contribution in [0.3, 0.4) is 0 Å². The van der Waals surface area contributed by atoms with E-state index in [4.69, 9.17) is 16.3 Å². The SMILES string of the molecule is COCCNC(=O)c1cnc(Nc2cc(C(=O)OC)ccc2Cl)cn1. The molecule has 9 heteroatoms. The van der Waals surface area contributed by atoms with Crippen LogP contribution in [0.4, 0.5) is 11.5 Å². The number of anilines is 2. The topological polar surface area (TPSA) is 102 Å². The number of benzene rings is 1. The summed E-state index contributed by atoms with van der Waals surface area (Å²) in [5, 5.41) is 5.99. The van der Waals surface area contributed by atoms with E-state index in [0.717, 1.165) is 0 Å². The van der Waals surface area contributed by atoms with Crippen LogP contribution in [0.1, 0.15) is 20.8 Å². The number of amides is 1. The third-order valence-electron chi connectivity index (χ3n) is 3.13. The molecule has 0 atom stereocenters. The fourth-order valence-electron chi connectivity index (χ4n) is 1.87. The Morgan fingerprint density at radius 3 is 2.64 bits per heavy atom. The van der Waals surface area contributed by atoms with Crippen molar-refractivity contribution in [3.63, 3.8) is 0 Å². The smallest absolute Gasteiger partial charge is 0.337 e. The van der Waals surface area contributed by atoms with Gasteiger partial charge in [0.25, 0.3) is 5.91 Å². The lowest BCUT2D eigenvalue weighted by atomic mass is 10.2. The first-order valence-corrected chi connectivity index (χ1v) is 7.67. The summed E-state index contributed by atoms with van der Waals surface area (Å²) in [6.07, 6.45) is 2.73. The van der Waals surface area contributed by atoms with Crippen molar-refractivity contribution in [1.29, 1.82) is 0 Å². The van der Waals surface area contributed by atoms with Crippen molar-refractivity contribution < 1.29 is 19.1 Å². The quantitative estimate of drug-likeness (QED) is 0.572. The lowest BCUT2D eigenvalue weighted by Crippen LogP contribution is -2.27. The lowest BCUT2D eigenvalue weighted by molar-refractivity contribution is 0.0600. The first-order valence-electron chi connectivity index (χ1n) is 7.29. The molecule has 0 saturated heterocycles. The molecule has 2 N–H and O–H groups in total. The molecule has 132 valence electrons. The number of esters is 1. The number of aromatic nitrogens is 2. The molecule has 0 spiro atoms. The van der Waals surface area contributed by atoms with Crippen molar-refractivity contribution in [3.05, 3.63) is 46.9 Å². The summed E-state index contributed by atoms with van der Waals surface area (Å²) in [7, 11) is 2.85. The summed E-state index contributed by atoms with van der Waals surface area (Å²) in [6.45, 7) is 0.792. The van der Waals surface area contributed by atoms with E-state index in [1.165, 1.54) is 19.5 Å². The van der Waals surface area contributed by atoms with E-state index in [1.54, 1.807) is 25.3 Å². The maximum atomic E-state index is 11.8. The van der Waals surface area contributed by atoms with Gasteiger partial charge in [-0.25, -0.2) is 14.8 Å². The van der Waals surface area contributed by atoms with Crippen LogP contribution in [0.25, 0.3) is 0 Å².